The van der Waals surface area contributed by atoms with E-state index in [0.29, 0.717) is 12.0 Å². The fourth-order valence-corrected chi connectivity index (χ4v) is 3.21. The predicted octanol–water partition coefficient (Wildman–Crippen LogP) is 1.52. The Morgan fingerprint density at radius 1 is 1.29 bits per heavy atom. The number of nitrogens with one attached hydrogen (secondary N) is 1. The summed E-state index contributed by atoms with van der Waals surface area (Å²) < 4.78 is 0. The zero-order valence-electron chi connectivity index (χ0n) is 12.3. The van der Waals surface area contributed by atoms with Crippen molar-refractivity contribution in [2.45, 2.75) is 44.2 Å². The maximum absolute atomic E-state index is 12.6. The van der Waals surface area contributed by atoms with Crippen molar-refractivity contribution in [3.8, 4) is 0 Å². The Labute approximate surface area is 124 Å². The van der Waals surface area contributed by atoms with Crippen molar-refractivity contribution >= 4 is 17.5 Å². The van der Waals surface area contributed by atoms with Gasteiger partial charge in [-0.25, -0.2) is 0 Å². The van der Waals surface area contributed by atoms with E-state index in [2.05, 4.69) is 5.32 Å². The normalized spacial score (nSPS) is 24.4. The van der Waals surface area contributed by atoms with E-state index >= 15 is 0 Å². The number of rotatable bonds is 2. The van der Waals surface area contributed by atoms with Gasteiger partial charge in [0.05, 0.1) is 6.42 Å². The number of fused-ring (bicyclic) bond motifs is 1. The SMILES string of the molecule is CN(C(=O)c1ccc2c(c1)NC(=O)C2)C1CCC(N)CC1. The first-order valence-corrected chi connectivity index (χ1v) is 7.50. The molecular formula is C16H21N3O2. The van der Waals surface area contributed by atoms with Crippen LogP contribution in [-0.2, 0) is 11.2 Å². The molecule has 3 rings (SSSR count). The maximum atomic E-state index is 12.6. The lowest BCUT2D eigenvalue weighted by atomic mass is 9.90. The molecule has 1 heterocycles. The fourth-order valence-electron chi connectivity index (χ4n) is 3.21. The molecule has 1 aromatic carbocycles. The average molecular weight is 287 g/mol. The summed E-state index contributed by atoms with van der Waals surface area (Å²) in [5.41, 5.74) is 8.28. The van der Waals surface area contributed by atoms with Crippen LogP contribution in [0.4, 0.5) is 5.69 Å². The van der Waals surface area contributed by atoms with Gasteiger partial charge < -0.3 is 16.0 Å². The van der Waals surface area contributed by atoms with Crippen LogP contribution in [0.25, 0.3) is 0 Å². The Hall–Kier alpha value is -1.88. The van der Waals surface area contributed by atoms with Crippen LogP contribution in [-0.4, -0.2) is 35.8 Å². The molecule has 0 unspecified atom stereocenters. The molecule has 0 saturated heterocycles. The van der Waals surface area contributed by atoms with Gasteiger partial charge in [0.1, 0.15) is 0 Å². The van der Waals surface area contributed by atoms with Gasteiger partial charge in [-0.1, -0.05) is 6.07 Å². The Kier molecular flexibility index (Phi) is 3.68. The molecule has 2 aliphatic rings. The van der Waals surface area contributed by atoms with E-state index in [1.807, 2.05) is 24.1 Å². The molecular weight excluding hydrogens is 266 g/mol. The van der Waals surface area contributed by atoms with E-state index in [0.717, 1.165) is 36.9 Å². The van der Waals surface area contributed by atoms with Crippen LogP contribution < -0.4 is 11.1 Å². The number of hydrogen-bond acceptors (Lipinski definition) is 3. The van der Waals surface area contributed by atoms with Crippen LogP contribution in [0.2, 0.25) is 0 Å². The Morgan fingerprint density at radius 3 is 2.71 bits per heavy atom. The summed E-state index contributed by atoms with van der Waals surface area (Å²) in [4.78, 5) is 25.8. The minimum Gasteiger partial charge on any atom is -0.339 e. The number of benzene rings is 1. The standard InChI is InChI=1S/C16H21N3O2/c1-19(13-6-4-12(17)5-7-13)16(21)11-3-2-10-9-15(20)18-14(10)8-11/h2-3,8,12-13H,4-7,9,17H2,1H3,(H,18,20). The maximum Gasteiger partial charge on any atom is 0.253 e. The summed E-state index contributed by atoms with van der Waals surface area (Å²) in [5.74, 6) is 0.00337. The van der Waals surface area contributed by atoms with Gasteiger partial charge in [-0.15, -0.1) is 0 Å². The molecule has 0 radical (unpaired) electrons. The summed E-state index contributed by atoms with van der Waals surface area (Å²) in [5, 5.41) is 2.79. The molecule has 0 aromatic heterocycles. The van der Waals surface area contributed by atoms with Crippen molar-refractivity contribution in [3.05, 3.63) is 29.3 Å². The highest BCUT2D eigenvalue weighted by Crippen LogP contribution is 2.26. The van der Waals surface area contributed by atoms with Gasteiger partial charge in [-0.2, -0.15) is 0 Å². The molecule has 3 N–H and O–H groups in total. The number of nitrogens with zero attached hydrogens (tertiary/aromatic N) is 1. The van der Waals surface area contributed by atoms with Crippen molar-refractivity contribution in [1.82, 2.24) is 4.90 Å². The average Bonchev–Trinajstić information content (AvgIpc) is 2.85. The van der Waals surface area contributed by atoms with E-state index < -0.39 is 0 Å². The van der Waals surface area contributed by atoms with E-state index in [1.165, 1.54) is 0 Å². The first kappa shape index (κ1) is 14.1. The highest BCUT2D eigenvalue weighted by Gasteiger charge is 2.26. The largest absolute Gasteiger partial charge is 0.339 e. The van der Waals surface area contributed by atoms with Crippen molar-refractivity contribution in [2.24, 2.45) is 5.73 Å². The molecule has 2 amide bonds. The van der Waals surface area contributed by atoms with Gasteiger partial charge in [-0.3, -0.25) is 9.59 Å². The summed E-state index contributed by atoms with van der Waals surface area (Å²) in [7, 11) is 1.86. The Morgan fingerprint density at radius 2 is 2.00 bits per heavy atom. The first-order valence-electron chi connectivity index (χ1n) is 7.50. The summed E-state index contributed by atoms with van der Waals surface area (Å²) in [6.45, 7) is 0. The molecule has 5 heteroatoms. The number of hydrogen-bond donors (Lipinski definition) is 2. The minimum atomic E-state index is -0.00998. The lowest BCUT2D eigenvalue weighted by Crippen LogP contribution is -2.41. The van der Waals surface area contributed by atoms with Gasteiger partial charge in [-0.05, 0) is 43.4 Å². The number of anilines is 1. The van der Waals surface area contributed by atoms with Gasteiger partial charge >= 0.3 is 0 Å². The third-order valence-electron chi connectivity index (χ3n) is 4.59. The van der Waals surface area contributed by atoms with Gasteiger partial charge in [0, 0.05) is 30.4 Å². The van der Waals surface area contributed by atoms with E-state index in [-0.39, 0.29) is 23.9 Å². The zero-order valence-corrected chi connectivity index (χ0v) is 12.3. The monoisotopic (exact) mass is 287 g/mol. The number of amides is 2. The molecule has 1 aliphatic carbocycles. The molecule has 1 fully saturated rings. The number of carbonyl (C=O) groups excluding carboxylic acids is 2. The van der Waals surface area contributed by atoms with E-state index in [9.17, 15) is 9.59 Å². The fraction of sp³-hybridized carbons (Fsp3) is 0.500. The van der Waals surface area contributed by atoms with E-state index in [1.54, 1.807) is 6.07 Å². The van der Waals surface area contributed by atoms with Gasteiger partial charge in [0.25, 0.3) is 5.91 Å². The first-order chi connectivity index (χ1) is 10.0. The molecule has 1 aromatic rings. The zero-order chi connectivity index (χ0) is 15.0. The third kappa shape index (κ3) is 2.78. The summed E-state index contributed by atoms with van der Waals surface area (Å²) >= 11 is 0. The molecule has 1 saturated carbocycles. The van der Waals surface area contributed by atoms with Crippen LogP contribution in [0.3, 0.4) is 0 Å². The quantitative estimate of drug-likeness (QED) is 0.866. The minimum absolute atomic E-state index is 0.00998. The second-order valence-corrected chi connectivity index (χ2v) is 6.08. The van der Waals surface area contributed by atoms with Gasteiger partial charge in [0.15, 0.2) is 0 Å². The summed E-state index contributed by atoms with van der Waals surface area (Å²) in [6.07, 6.45) is 4.28. The van der Waals surface area contributed by atoms with E-state index in [4.69, 9.17) is 5.73 Å². The van der Waals surface area contributed by atoms with Crippen molar-refractivity contribution in [3.63, 3.8) is 0 Å². The molecule has 0 bridgehead atoms. The molecule has 5 nitrogen and oxygen atoms in total. The van der Waals surface area contributed by atoms with Crippen molar-refractivity contribution in [1.29, 1.82) is 0 Å². The van der Waals surface area contributed by atoms with Gasteiger partial charge in [0.2, 0.25) is 5.91 Å². The molecule has 0 spiro atoms. The second kappa shape index (κ2) is 5.48. The molecule has 1 aliphatic heterocycles. The van der Waals surface area contributed by atoms with Crippen LogP contribution in [0.1, 0.15) is 41.6 Å². The van der Waals surface area contributed by atoms with Crippen LogP contribution in [0.5, 0.6) is 0 Å². The highest BCUT2D eigenvalue weighted by atomic mass is 16.2. The predicted molar refractivity (Wildman–Crippen MR) is 81.1 cm³/mol. The molecule has 21 heavy (non-hydrogen) atoms. The third-order valence-corrected chi connectivity index (χ3v) is 4.59. The van der Waals surface area contributed by atoms with Crippen LogP contribution in [0, 0.1) is 0 Å². The lowest BCUT2D eigenvalue weighted by Gasteiger charge is -2.33. The summed E-state index contributed by atoms with van der Waals surface area (Å²) in [6, 6.07) is 6.01. The second-order valence-electron chi connectivity index (χ2n) is 6.08. The smallest absolute Gasteiger partial charge is 0.253 e. The Balaban J connectivity index is 1.73. The van der Waals surface area contributed by atoms with Crippen molar-refractivity contribution in [2.75, 3.05) is 12.4 Å². The van der Waals surface area contributed by atoms with Crippen molar-refractivity contribution < 1.29 is 9.59 Å². The number of carbonyl (C=O) groups is 2. The van der Waals surface area contributed by atoms with Crippen LogP contribution in [0.15, 0.2) is 18.2 Å². The number of nitrogens with two attached hydrogens (primary N) is 1. The topological polar surface area (TPSA) is 75.4 Å². The highest BCUT2D eigenvalue weighted by molar-refractivity contribution is 6.02. The van der Waals surface area contributed by atoms with Crippen LogP contribution >= 0.6 is 0 Å². The Bertz CT molecular complexity index is 577. The molecule has 0 atom stereocenters. The lowest BCUT2D eigenvalue weighted by molar-refractivity contribution is -0.115. The molecule has 112 valence electrons.